The Kier molecular flexibility index (Phi) is 5.54. The summed E-state index contributed by atoms with van der Waals surface area (Å²) in [4.78, 5) is 10.4. The molecular weight excluding hydrogens is 236 g/mol. The van der Waals surface area contributed by atoms with Crippen molar-refractivity contribution in [1.82, 2.24) is 0 Å². The van der Waals surface area contributed by atoms with Crippen LogP contribution in [0.2, 0.25) is 0 Å². The van der Waals surface area contributed by atoms with Crippen LogP contribution in [-0.4, -0.2) is 31.3 Å². The Morgan fingerprint density at radius 1 is 1.22 bits per heavy atom. The van der Waals surface area contributed by atoms with Crippen molar-refractivity contribution in [3.05, 3.63) is 33.4 Å². The van der Waals surface area contributed by atoms with E-state index in [2.05, 4.69) is 0 Å². The average Bonchev–Trinajstić information content (AvgIpc) is 2.32. The fraction of sp³-hybridized carbons (Fsp3) is 0.500. The summed E-state index contributed by atoms with van der Waals surface area (Å²) in [7, 11) is 0. The molecule has 0 aliphatic rings. The predicted molar refractivity (Wildman–Crippen MR) is 67.9 cm³/mol. The van der Waals surface area contributed by atoms with Gasteiger partial charge < -0.3 is 15.2 Å². The number of aryl methyl sites for hydroxylation is 2. The minimum Gasteiger partial charge on any atom is -0.491 e. The van der Waals surface area contributed by atoms with Crippen LogP contribution >= 0.6 is 0 Å². The molecule has 0 aliphatic carbocycles. The number of ether oxygens (including phenoxy) is 2. The van der Waals surface area contributed by atoms with E-state index >= 15 is 0 Å². The standard InChI is InChI=1S/C12H18N2O4/c1-9-8-12(18-6-5-17-4-3-13)10(2)7-11(9)14(15)16/h7-8H,3-6,13H2,1-2H3. The molecule has 6 heteroatoms. The molecule has 0 bridgehead atoms. The SMILES string of the molecule is Cc1cc([N+](=O)[O-])c(C)cc1OCCOCCN. The molecular formula is C12H18N2O4. The molecule has 0 spiro atoms. The summed E-state index contributed by atoms with van der Waals surface area (Å²) in [6.45, 7) is 5.31. The van der Waals surface area contributed by atoms with E-state index in [1.54, 1.807) is 19.9 Å². The Balaban J connectivity index is 2.62. The number of nitrogens with two attached hydrogens (primary N) is 1. The zero-order valence-corrected chi connectivity index (χ0v) is 10.6. The Bertz CT molecular complexity index is 421. The van der Waals surface area contributed by atoms with Crippen LogP contribution < -0.4 is 10.5 Å². The number of hydrogen-bond donors (Lipinski definition) is 1. The lowest BCUT2D eigenvalue weighted by Gasteiger charge is -2.10. The van der Waals surface area contributed by atoms with Crippen LogP contribution in [0.25, 0.3) is 0 Å². The Hall–Kier alpha value is -1.66. The summed E-state index contributed by atoms with van der Waals surface area (Å²) >= 11 is 0. The molecule has 1 aromatic carbocycles. The van der Waals surface area contributed by atoms with E-state index in [0.29, 0.717) is 37.7 Å². The molecule has 0 unspecified atom stereocenters. The first kappa shape index (κ1) is 14.4. The van der Waals surface area contributed by atoms with Crippen LogP contribution in [0.15, 0.2) is 12.1 Å². The van der Waals surface area contributed by atoms with Gasteiger partial charge in [0.15, 0.2) is 0 Å². The van der Waals surface area contributed by atoms with E-state index in [-0.39, 0.29) is 5.69 Å². The van der Waals surface area contributed by atoms with Gasteiger partial charge in [0.05, 0.1) is 18.1 Å². The smallest absolute Gasteiger partial charge is 0.272 e. The third kappa shape index (κ3) is 3.97. The van der Waals surface area contributed by atoms with Gasteiger partial charge in [-0.3, -0.25) is 10.1 Å². The summed E-state index contributed by atoms with van der Waals surface area (Å²) in [6.07, 6.45) is 0. The van der Waals surface area contributed by atoms with Crippen LogP contribution in [0, 0.1) is 24.0 Å². The molecule has 0 aliphatic heterocycles. The Morgan fingerprint density at radius 3 is 2.56 bits per heavy atom. The van der Waals surface area contributed by atoms with E-state index in [9.17, 15) is 10.1 Å². The van der Waals surface area contributed by atoms with E-state index in [4.69, 9.17) is 15.2 Å². The summed E-state index contributed by atoms with van der Waals surface area (Å²) < 4.78 is 10.7. The fourth-order valence-electron chi connectivity index (χ4n) is 1.52. The van der Waals surface area contributed by atoms with Crippen molar-refractivity contribution in [1.29, 1.82) is 0 Å². The van der Waals surface area contributed by atoms with E-state index in [0.717, 1.165) is 5.56 Å². The Morgan fingerprint density at radius 2 is 1.94 bits per heavy atom. The molecule has 2 N–H and O–H groups in total. The molecule has 0 aromatic heterocycles. The molecule has 0 saturated heterocycles. The van der Waals surface area contributed by atoms with Crippen molar-refractivity contribution in [3.8, 4) is 5.75 Å². The monoisotopic (exact) mass is 254 g/mol. The minimum atomic E-state index is -0.392. The van der Waals surface area contributed by atoms with Crippen LogP contribution in [0.5, 0.6) is 5.75 Å². The third-order valence-corrected chi connectivity index (χ3v) is 2.44. The average molecular weight is 254 g/mol. The molecule has 0 heterocycles. The highest BCUT2D eigenvalue weighted by Crippen LogP contribution is 2.27. The van der Waals surface area contributed by atoms with Crippen molar-refractivity contribution in [2.75, 3.05) is 26.4 Å². The lowest BCUT2D eigenvalue weighted by atomic mass is 10.1. The fourth-order valence-corrected chi connectivity index (χ4v) is 1.52. The minimum absolute atomic E-state index is 0.110. The van der Waals surface area contributed by atoms with Gasteiger partial charge in [-0.05, 0) is 25.5 Å². The van der Waals surface area contributed by atoms with Crippen molar-refractivity contribution in [2.24, 2.45) is 5.73 Å². The van der Waals surface area contributed by atoms with Gasteiger partial charge in [-0.25, -0.2) is 0 Å². The lowest BCUT2D eigenvalue weighted by Crippen LogP contribution is -2.13. The molecule has 6 nitrogen and oxygen atoms in total. The van der Waals surface area contributed by atoms with E-state index < -0.39 is 4.92 Å². The van der Waals surface area contributed by atoms with Crippen molar-refractivity contribution < 1.29 is 14.4 Å². The maximum absolute atomic E-state index is 10.8. The summed E-state index contributed by atoms with van der Waals surface area (Å²) in [5, 5.41) is 10.8. The number of nitro groups is 1. The zero-order valence-electron chi connectivity index (χ0n) is 10.6. The van der Waals surface area contributed by atoms with Crippen LogP contribution in [0.4, 0.5) is 5.69 Å². The van der Waals surface area contributed by atoms with Gasteiger partial charge in [0.25, 0.3) is 5.69 Å². The first-order chi connectivity index (χ1) is 8.56. The molecule has 0 amide bonds. The normalized spacial score (nSPS) is 10.4. The Labute approximate surface area is 106 Å². The second-order valence-corrected chi connectivity index (χ2v) is 3.91. The summed E-state index contributed by atoms with van der Waals surface area (Å²) in [5.74, 6) is 0.648. The topological polar surface area (TPSA) is 87.6 Å². The van der Waals surface area contributed by atoms with Gasteiger partial charge in [0, 0.05) is 18.2 Å². The molecule has 0 fully saturated rings. The lowest BCUT2D eigenvalue weighted by molar-refractivity contribution is -0.385. The predicted octanol–water partition coefficient (Wildman–Crippen LogP) is 1.57. The molecule has 0 atom stereocenters. The first-order valence-corrected chi connectivity index (χ1v) is 5.72. The summed E-state index contributed by atoms with van der Waals surface area (Å²) in [6, 6.07) is 3.20. The number of nitrogens with zero attached hydrogens (tertiary/aromatic N) is 1. The maximum atomic E-state index is 10.8. The van der Waals surface area contributed by atoms with E-state index in [1.165, 1.54) is 6.07 Å². The highest BCUT2D eigenvalue weighted by Gasteiger charge is 2.13. The third-order valence-electron chi connectivity index (χ3n) is 2.44. The van der Waals surface area contributed by atoms with Crippen molar-refractivity contribution in [3.63, 3.8) is 0 Å². The molecule has 100 valence electrons. The van der Waals surface area contributed by atoms with Gasteiger partial charge >= 0.3 is 0 Å². The van der Waals surface area contributed by atoms with Gasteiger partial charge in [-0.1, -0.05) is 0 Å². The molecule has 0 saturated carbocycles. The van der Waals surface area contributed by atoms with E-state index in [1.807, 2.05) is 0 Å². The molecule has 1 aromatic rings. The quantitative estimate of drug-likeness (QED) is 0.453. The maximum Gasteiger partial charge on any atom is 0.272 e. The van der Waals surface area contributed by atoms with Gasteiger partial charge in [0.2, 0.25) is 0 Å². The van der Waals surface area contributed by atoms with Gasteiger partial charge in [-0.15, -0.1) is 0 Å². The number of benzene rings is 1. The highest BCUT2D eigenvalue weighted by molar-refractivity contribution is 5.49. The molecule has 18 heavy (non-hydrogen) atoms. The van der Waals surface area contributed by atoms with Crippen molar-refractivity contribution in [2.45, 2.75) is 13.8 Å². The van der Waals surface area contributed by atoms with Crippen LogP contribution in [0.1, 0.15) is 11.1 Å². The number of rotatable bonds is 7. The molecule has 1 rings (SSSR count). The highest BCUT2D eigenvalue weighted by atomic mass is 16.6. The van der Waals surface area contributed by atoms with Crippen LogP contribution in [0.3, 0.4) is 0 Å². The number of nitro benzene ring substituents is 1. The second kappa shape index (κ2) is 6.93. The van der Waals surface area contributed by atoms with Gasteiger partial charge in [-0.2, -0.15) is 0 Å². The zero-order chi connectivity index (χ0) is 13.5. The number of hydrogen-bond acceptors (Lipinski definition) is 5. The second-order valence-electron chi connectivity index (χ2n) is 3.91. The van der Waals surface area contributed by atoms with Gasteiger partial charge in [0.1, 0.15) is 12.4 Å². The summed E-state index contributed by atoms with van der Waals surface area (Å²) in [5.41, 5.74) is 6.72. The largest absolute Gasteiger partial charge is 0.491 e. The van der Waals surface area contributed by atoms with Crippen LogP contribution in [-0.2, 0) is 4.74 Å². The van der Waals surface area contributed by atoms with Crippen molar-refractivity contribution >= 4 is 5.69 Å². The molecule has 0 radical (unpaired) electrons. The first-order valence-electron chi connectivity index (χ1n) is 5.72.